The van der Waals surface area contributed by atoms with E-state index in [2.05, 4.69) is 21.3 Å². The zero-order valence-corrected chi connectivity index (χ0v) is 23.2. The van der Waals surface area contributed by atoms with Gasteiger partial charge in [0.05, 0.1) is 6.04 Å². The number of carbonyl (C=O) groups excluding carboxylic acids is 5. The number of hydrogen-bond donors (Lipinski definition) is 5. The van der Waals surface area contributed by atoms with Crippen LogP contribution in [0.15, 0.2) is 48.5 Å². The molecule has 1 saturated carbocycles. The Morgan fingerprint density at radius 1 is 0.927 bits per heavy atom. The van der Waals surface area contributed by atoms with E-state index in [9.17, 15) is 29.1 Å². The van der Waals surface area contributed by atoms with Crippen LogP contribution in [0, 0.1) is 11.8 Å². The van der Waals surface area contributed by atoms with Crippen molar-refractivity contribution in [3.05, 3.63) is 59.7 Å². The summed E-state index contributed by atoms with van der Waals surface area (Å²) >= 11 is 0. The lowest BCUT2D eigenvalue weighted by atomic mass is 9.89. The summed E-state index contributed by atoms with van der Waals surface area (Å²) in [5, 5.41) is 22.7. The largest absolute Gasteiger partial charge is 0.372 e. The number of benzene rings is 2. The second-order valence-corrected chi connectivity index (χ2v) is 11.6. The van der Waals surface area contributed by atoms with E-state index in [1.54, 1.807) is 24.3 Å². The van der Waals surface area contributed by atoms with Crippen molar-refractivity contribution in [1.82, 2.24) is 21.3 Å². The predicted molar refractivity (Wildman–Crippen MR) is 150 cm³/mol. The summed E-state index contributed by atoms with van der Waals surface area (Å²) in [5.74, 6) is -3.83. The van der Waals surface area contributed by atoms with Crippen LogP contribution in [0.5, 0.6) is 0 Å². The normalized spacial score (nSPS) is 19.9. The zero-order chi connectivity index (χ0) is 29.3. The van der Waals surface area contributed by atoms with Gasteiger partial charge < -0.3 is 26.4 Å². The average molecular weight is 561 g/mol. The van der Waals surface area contributed by atoms with Gasteiger partial charge in [0.25, 0.3) is 11.8 Å². The van der Waals surface area contributed by atoms with Crippen LogP contribution in [0.4, 0.5) is 0 Å². The molecule has 3 atom stereocenters. The monoisotopic (exact) mass is 560 g/mol. The van der Waals surface area contributed by atoms with Crippen LogP contribution in [-0.4, -0.2) is 59.2 Å². The lowest BCUT2D eigenvalue weighted by Gasteiger charge is -2.29. The van der Waals surface area contributed by atoms with Gasteiger partial charge in [-0.05, 0) is 49.1 Å². The Balaban J connectivity index is 1.38. The summed E-state index contributed by atoms with van der Waals surface area (Å²) in [4.78, 5) is 65.5. The number of nitrogens with one attached hydrogen (secondary N) is 4. The van der Waals surface area contributed by atoms with Gasteiger partial charge in [-0.2, -0.15) is 0 Å². The predicted octanol–water partition coefficient (Wildman–Crippen LogP) is 1.29. The Morgan fingerprint density at radius 2 is 1.54 bits per heavy atom. The van der Waals surface area contributed by atoms with E-state index >= 15 is 0 Å². The molecule has 4 amide bonds. The molecule has 2 aliphatic carbocycles. The highest BCUT2D eigenvalue weighted by Gasteiger charge is 2.48. The minimum atomic E-state index is -2.02. The van der Waals surface area contributed by atoms with Crippen molar-refractivity contribution in [2.45, 2.75) is 69.7 Å². The third-order valence-electron chi connectivity index (χ3n) is 8.03. The number of fused-ring (bicyclic) bond motifs is 3. The van der Waals surface area contributed by atoms with Crippen LogP contribution in [0.2, 0.25) is 0 Å². The number of Topliss-reactive ketones (excluding diaryl/α,β-unsaturated/α-hetero) is 1. The van der Waals surface area contributed by atoms with E-state index in [0.29, 0.717) is 24.1 Å². The first-order chi connectivity index (χ1) is 19.6. The van der Waals surface area contributed by atoms with Crippen LogP contribution in [0.25, 0.3) is 11.1 Å². The number of ketones is 1. The fourth-order valence-corrected chi connectivity index (χ4v) is 5.72. The average Bonchev–Trinajstić information content (AvgIpc) is 3.62. The molecule has 5 N–H and O–H groups in total. The SMILES string of the molecule is CC(C)C[C@H](NC(=O)C1(O)c2ccccc2-c2ccccc21)C(=O)NC(C[C@@H]1CCNC1=O)C(=O)C(=O)NC1CC1. The number of amides is 4. The van der Waals surface area contributed by atoms with Crippen molar-refractivity contribution < 1.29 is 29.1 Å². The van der Waals surface area contributed by atoms with Gasteiger partial charge in [0.15, 0.2) is 5.60 Å². The highest BCUT2D eigenvalue weighted by atomic mass is 16.3. The van der Waals surface area contributed by atoms with Crippen LogP contribution in [-0.2, 0) is 29.6 Å². The highest BCUT2D eigenvalue weighted by molar-refractivity contribution is 6.38. The fraction of sp³-hybridized carbons (Fsp3) is 0.452. The Hall–Kier alpha value is -4.05. The molecule has 5 rings (SSSR count). The van der Waals surface area contributed by atoms with E-state index in [-0.39, 0.29) is 30.7 Å². The number of rotatable bonds is 11. The maximum absolute atomic E-state index is 13.8. The smallest absolute Gasteiger partial charge is 0.289 e. The van der Waals surface area contributed by atoms with E-state index in [4.69, 9.17) is 0 Å². The lowest BCUT2D eigenvalue weighted by Crippen LogP contribution is -2.57. The topological polar surface area (TPSA) is 154 Å². The Labute approximate surface area is 238 Å². The summed E-state index contributed by atoms with van der Waals surface area (Å²) < 4.78 is 0. The Bertz CT molecular complexity index is 1340. The Kier molecular flexibility index (Phi) is 7.95. The van der Waals surface area contributed by atoms with Crippen molar-refractivity contribution in [2.75, 3.05) is 6.54 Å². The summed E-state index contributed by atoms with van der Waals surface area (Å²) in [7, 11) is 0. The maximum atomic E-state index is 13.8. The van der Waals surface area contributed by atoms with Gasteiger partial charge in [-0.15, -0.1) is 0 Å². The van der Waals surface area contributed by atoms with Gasteiger partial charge in [-0.1, -0.05) is 62.4 Å². The molecule has 0 bridgehead atoms. The first-order valence-electron chi connectivity index (χ1n) is 14.2. The molecule has 0 radical (unpaired) electrons. The number of aliphatic hydroxyl groups is 1. The molecule has 2 aromatic rings. The second kappa shape index (κ2) is 11.4. The Morgan fingerprint density at radius 3 is 2.07 bits per heavy atom. The highest BCUT2D eigenvalue weighted by Crippen LogP contribution is 2.47. The van der Waals surface area contributed by atoms with E-state index < -0.39 is 47.1 Å². The zero-order valence-electron chi connectivity index (χ0n) is 23.2. The van der Waals surface area contributed by atoms with Gasteiger partial charge in [-0.3, -0.25) is 24.0 Å². The minimum Gasteiger partial charge on any atom is -0.372 e. The molecule has 2 fully saturated rings. The van der Waals surface area contributed by atoms with Crippen LogP contribution >= 0.6 is 0 Å². The molecule has 1 aliphatic heterocycles. The van der Waals surface area contributed by atoms with E-state index in [0.717, 1.165) is 24.0 Å². The minimum absolute atomic E-state index is 0.0263. The summed E-state index contributed by atoms with van der Waals surface area (Å²) in [6.45, 7) is 4.23. The quantitative estimate of drug-likeness (QED) is 0.261. The molecule has 10 heteroatoms. The molecular weight excluding hydrogens is 524 g/mol. The van der Waals surface area contributed by atoms with Crippen LogP contribution in [0.3, 0.4) is 0 Å². The summed E-state index contributed by atoms with van der Waals surface area (Å²) in [6.07, 6.45) is 2.26. The van der Waals surface area contributed by atoms with Crippen molar-refractivity contribution in [2.24, 2.45) is 11.8 Å². The van der Waals surface area contributed by atoms with Crippen molar-refractivity contribution in [3.8, 4) is 11.1 Å². The first-order valence-corrected chi connectivity index (χ1v) is 14.2. The summed E-state index contributed by atoms with van der Waals surface area (Å²) in [6, 6.07) is 11.8. The van der Waals surface area contributed by atoms with Crippen molar-refractivity contribution in [3.63, 3.8) is 0 Å². The molecule has 1 heterocycles. The third-order valence-corrected chi connectivity index (χ3v) is 8.03. The summed E-state index contributed by atoms with van der Waals surface area (Å²) in [5.41, 5.74) is 0.267. The molecule has 41 heavy (non-hydrogen) atoms. The molecule has 216 valence electrons. The van der Waals surface area contributed by atoms with Gasteiger partial charge >= 0.3 is 0 Å². The van der Waals surface area contributed by atoms with Gasteiger partial charge in [-0.25, -0.2) is 0 Å². The third kappa shape index (κ3) is 5.74. The number of hydrogen-bond acceptors (Lipinski definition) is 6. The molecule has 3 aliphatic rings. The molecular formula is C31H36N4O6. The number of carbonyl (C=O) groups is 5. The maximum Gasteiger partial charge on any atom is 0.289 e. The molecule has 0 aromatic heterocycles. The van der Waals surface area contributed by atoms with Crippen LogP contribution < -0.4 is 21.3 Å². The van der Waals surface area contributed by atoms with Crippen molar-refractivity contribution in [1.29, 1.82) is 0 Å². The van der Waals surface area contributed by atoms with Gasteiger partial charge in [0.2, 0.25) is 17.6 Å². The molecule has 0 spiro atoms. The molecule has 1 unspecified atom stereocenters. The van der Waals surface area contributed by atoms with E-state index in [1.807, 2.05) is 38.1 Å². The van der Waals surface area contributed by atoms with E-state index in [1.165, 1.54) is 0 Å². The standard InChI is InChI=1S/C31H36N4O6/c1-17(2)15-25(35-30(40)31(41)22-9-5-3-7-20(22)21-8-4-6-10-23(21)31)28(38)34-24(16-18-13-14-32-27(18)37)26(36)29(39)33-19-11-12-19/h3-10,17-19,24-25,41H,11-16H2,1-2H3,(H,32,37)(H,33,39)(H,34,38)(H,35,40)/t18-,24?,25-/m0/s1. The second-order valence-electron chi connectivity index (χ2n) is 11.6. The molecule has 10 nitrogen and oxygen atoms in total. The molecule has 2 aromatic carbocycles. The molecule has 1 saturated heterocycles. The first kappa shape index (κ1) is 28.5. The van der Waals surface area contributed by atoms with Gasteiger partial charge in [0, 0.05) is 29.6 Å². The fourth-order valence-electron chi connectivity index (χ4n) is 5.72. The van der Waals surface area contributed by atoms with Crippen LogP contribution in [0.1, 0.15) is 57.1 Å². The van der Waals surface area contributed by atoms with Crippen molar-refractivity contribution >= 4 is 29.4 Å². The van der Waals surface area contributed by atoms with Gasteiger partial charge in [0.1, 0.15) is 6.04 Å². The lowest BCUT2D eigenvalue weighted by molar-refractivity contribution is -0.142.